The first-order valence-corrected chi connectivity index (χ1v) is 5.17. The third kappa shape index (κ3) is 4.95. The zero-order valence-corrected chi connectivity index (χ0v) is 9.90. The van der Waals surface area contributed by atoms with Crippen LogP contribution in [-0.2, 0) is 18.2 Å². The Bertz CT molecular complexity index is 302. The molecule has 15 heavy (non-hydrogen) atoms. The van der Waals surface area contributed by atoms with Crippen molar-refractivity contribution in [2.75, 3.05) is 6.61 Å². The number of rotatable bonds is 4. The van der Waals surface area contributed by atoms with Gasteiger partial charge in [-0.05, 0) is 26.8 Å². The summed E-state index contributed by atoms with van der Waals surface area (Å²) in [7, 11) is 1.86. The van der Waals surface area contributed by atoms with Crippen LogP contribution in [0.4, 0.5) is 0 Å². The van der Waals surface area contributed by atoms with Crippen molar-refractivity contribution in [3.05, 3.63) is 18.0 Å². The van der Waals surface area contributed by atoms with Gasteiger partial charge in [0.2, 0.25) is 0 Å². The van der Waals surface area contributed by atoms with E-state index in [2.05, 4.69) is 5.10 Å². The van der Waals surface area contributed by atoms with Gasteiger partial charge in [-0.25, -0.2) is 0 Å². The quantitative estimate of drug-likeness (QED) is 0.814. The minimum atomic E-state index is -0.487. The number of aliphatic hydroxyl groups excluding tert-OH is 1. The molecule has 1 heterocycles. The van der Waals surface area contributed by atoms with Crippen molar-refractivity contribution >= 4 is 0 Å². The van der Waals surface area contributed by atoms with Crippen molar-refractivity contribution in [3.8, 4) is 0 Å². The molecule has 0 aromatic carbocycles. The maximum atomic E-state index is 9.70. The smallest absolute Gasteiger partial charge is 0.0829 e. The summed E-state index contributed by atoms with van der Waals surface area (Å²) in [5.74, 6) is 0. The van der Waals surface area contributed by atoms with Crippen LogP contribution in [0.3, 0.4) is 0 Å². The van der Waals surface area contributed by atoms with Crippen molar-refractivity contribution in [1.82, 2.24) is 9.78 Å². The summed E-state index contributed by atoms with van der Waals surface area (Å²) in [5.41, 5.74) is 0.688. The summed E-state index contributed by atoms with van der Waals surface area (Å²) in [6.07, 6.45) is 1.92. The Labute approximate surface area is 90.9 Å². The van der Waals surface area contributed by atoms with E-state index < -0.39 is 6.10 Å². The van der Waals surface area contributed by atoms with Gasteiger partial charge < -0.3 is 9.84 Å². The van der Waals surface area contributed by atoms with Gasteiger partial charge >= 0.3 is 0 Å². The zero-order valence-electron chi connectivity index (χ0n) is 9.90. The molecule has 1 N–H and O–H groups in total. The van der Waals surface area contributed by atoms with Gasteiger partial charge in [0.05, 0.1) is 24.0 Å². The van der Waals surface area contributed by atoms with Gasteiger partial charge in [-0.2, -0.15) is 5.10 Å². The summed E-state index contributed by atoms with van der Waals surface area (Å²) in [4.78, 5) is 0. The first kappa shape index (κ1) is 12.2. The minimum absolute atomic E-state index is 0.203. The van der Waals surface area contributed by atoms with Crippen molar-refractivity contribution in [3.63, 3.8) is 0 Å². The predicted octanol–water partition coefficient (Wildman–Crippen LogP) is 1.14. The fourth-order valence-corrected chi connectivity index (χ4v) is 1.22. The normalized spacial score (nSPS) is 14.2. The van der Waals surface area contributed by atoms with Gasteiger partial charge in [-0.3, -0.25) is 4.68 Å². The van der Waals surface area contributed by atoms with Crippen LogP contribution in [0.1, 0.15) is 26.5 Å². The molecule has 4 heteroatoms. The Morgan fingerprint density at radius 3 is 2.67 bits per heavy atom. The molecule has 0 radical (unpaired) electrons. The molecule has 1 aromatic heterocycles. The van der Waals surface area contributed by atoms with Crippen molar-refractivity contribution in [2.24, 2.45) is 7.05 Å². The van der Waals surface area contributed by atoms with Gasteiger partial charge in [0.15, 0.2) is 0 Å². The fourth-order valence-electron chi connectivity index (χ4n) is 1.22. The van der Waals surface area contributed by atoms with E-state index in [1.807, 2.05) is 40.1 Å². The SMILES string of the molecule is Cn1ccc(CC(O)COC(C)(C)C)n1. The lowest BCUT2D eigenvalue weighted by molar-refractivity contribution is -0.0484. The average molecular weight is 212 g/mol. The maximum absolute atomic E-state index is 9.70. The molecule has 0 aliphatic carbocycles. The van der Waals surface area contributed by atoms with E-state index >= 15 is 0 Å². The standard InChI is InChI=1S/C11H20N2O2/c1-11(2,3)15-8-10(14)7-9-5-6-13(4)12-9/h5-6,10,14H,7-8H2,1-4H3. The molecule has 1 unspecified atom stereocenters. The third-order valence-electron chi connectivity index (χ3n) is 1.92. The van der Waals surface area contributed by atoms with Crippen LogP contribution in [0.25, 0.3) is 0 Å². The number of aliphatic hydroxyl groups is 1. The summed E-state index contributed by atoms with van der Waals surface area (Å²) in [6.45, 7) is 6.27. The predicted molar refractivity (Wildman–Crippen MR) is 58.6 cm³/mol. The molecule has 0 amide bonds. The topological polar surface area (TPSA) is 47.3 Å². The van der Waals surface area contributed by atoms with E-state index in [0.29, 0.717) is 13.0 Å². The van der Waals surface area contributed by atoms with Crippen molar-refractivity contribution in [1.29, 1.82) is 0 Å². The van der Waals surface area contributed by atoms with E-state index in [1.54, 1.807) is 4.68 Å². The van der Waals surface area contributed by atoms with E-state index in [1.165, 1.54) is 0 Å². The van der Waals surface area contributed by atoms with E-state index in [0.717, 1.165) is 5.69 Å². The fraction of sp³-hybridized carbons (Fsp3) is 0.727. The van der Waals surface area contributed by atoms with Crippen LogP contribution in [0.15, 0.2) is 12.3 Å². The largest absolute Gasteiger partial charge is 0.390 e. The van der Waals surface area contributed by atoms with Gasteiger partial charge in [0.1, 0.15) is 0 Å². The molecule has 1 aromatic rings. The molecule has 1 rings (SSSR count). The Morgan fingerprint density at radius 2 is 2.20 bits per heavy atom. The van der Waals surface area contributed by atoms with Gasteiger partial charge in [-0.15, -0.1) is 0 Å². The molecule has 4 nitrogen and oxygen atoms in total. The lowest BCUT2D eigenvalue weighted by Crippen LogP contribution is -2.27. The molecular formula is C11H20N2O2. The Morgan fingerprint density at radius 1 is 1.53 bits per heavy atom. The number of nitrogens with zero attached hydrogens (tertiary/aromatic N) is 2. The van der Waals surface area contributed by atoms with Gasteiger partial charge in [0.25, 0.3) is 0 Å². The number of aryl methyl sites for hydroxylation is 1. The van der Waals surface area contributed by atoms with Crippen LogP contribution >= 0.6 is 0 Å². The number of hydrogen-bond acceptors (Lipinski definition) is 3. The Hall–Kier alpha value is -0.870. The van der Waals surface area contributed by atoms with E-state index in [9.17, 15) is 5.11 Å². The first-order valence-electron chi connectivity index (χ1n) is 5.17. The van der Waals surface area contributed by atoms with Crippen LogP contribution in [0.2, 0.25) is 0 Å². The second-order valence-electron chi connectivity index (χ2n) is 4.76. The van der Waals surface area contributed by atoms with E-state index in [4.69, 9.17) is 4.74 Å². The molecule has 0 bridgehead atoms. The monoisotopic (exact) mass is 212 g/mol. The second-order valence-corrected chi connectivity index (χ2v) is 4.76. The van der Waals surface area contributed by atoms with Crippen LogP contribution in [-0.4, -0.2) is 33.2 Å². The minimum Gasteiger partial charge on any atom is -0.390 e. The van der Waals surface area contributed by atoms with Gasteiger partial charge in [-0.1, -0.05) is 0 Å². The molecule has 86 valence electrons. The number of ether oxygens (including phenoxy) is 1. The summed E-state index contributed by atoms with van der Waals surface area (Å²) in [5, 5.41) is 13.9. The third-order valence-corrected chi connectivity index (χ3v) is 1.92. The highest BCUT2D eigenvalue weighted by atomic mass is 16.5. The molecule has 1 atom stereocenters. The molecule has 0 aliphatic rings. The summed E-state index contributed by atoms with van der Waals surface area (Å²) in [6, 6.07) is 1.90. The Kier molecular flexibility index (Phi) is 3.88. The summed E-state index contributed by atoms with van der Waals surface area (Å²) >= 11 is 0. The van der Waals surface area contributed by atoms with Crippen molar-refractivity contribution < 1.29 is 9.84 Å². The van der Waals surface area contributed by atoms with Crippen LogP contribution in [0, 0.1) is 0 Å². The highest BCUT2D eigenvalue weighted by Gasteiger charge is 2.14. The lowest BCUT2D eigenvalue weighted by Gasteiger charge is -2.21. The van der Waals surface area contributed by atoms with Gasteiger partial charge in [0, 0.05) is 19.7 Å². The molecule has 0 fully saturated rings. The van der Waals surface area contributed by atoms with E-state index in [-0.39, 0.29) is 5.60 Å². The average Bonchev–Trinajstić information content (AvgIpc) is 2.47. The van der Waals surface area contributed by atoms with Crippen molar-refractivity contribution in [2.45, 2.75) is 38.9 Å². The van der Waals surface area contributed by atoms with Crippen LogP contribution in [0.5, 0.6) is 0 Å². The maximum Gasteiger partial charge on any atom is 0.0829 e. The number of aromatic nitrogens is 2. The lowest BCUT2D eigenvalue weighted by atomic mass is 10.1. The first-order chi connectivity index (χ1) is 6.87. The molecule has 0 saturated carbocycles. The number of hydrogen-bond donors (Lipinski definition) is 1. The molecular weight excluding hydrogens is 192 g/mol. The highest BCUT2D eigenvalue weighted by molar-refractivity contribution is 5.00. The zero-order chi connectivity index (χ0) is 11.5. The molecule has 0 aliphatic heterocycles. The molecule has 0 saturated heterocycles. The van der Waals surface area contributed by atoms with Crippen LogP contribution < -0.4 is 0 Å². The second kappa shape index (κ2) is 4.77. The molecule has 0 spiro atoms. The Balaban J connectivity index is 2.33. The summed E-state index contributed by atoms with van der Waals surface area (Å²) < 4.78 is 7.21. The highest BCUT2D eigenvalue weighted by Crippen LogP contribution is 2.08.